The minimum Gasteiger partial charge on any atom is -0.337 e. The van der Waals surface area contributed by atoms with Gasteiger partial charge in [0.2, 0.25) is 17.6 Å². The van der Waals surface area contributed by atoms with Crippen molar-refractivity contribution in [2.24, 2.45) is 0 Å². The molecule has 0 aliphatic rings. The first-order chi connectivity index (χ1) is 12.1. The van der Waals surface area contributed by atoms with Gasteiger partial charge in [0.15, 0.2) is 5.82 Å². The summed E-state index contributed by atoms with van der Waals surface area (Å²) in [5.74, 6) is 1.33. The Balaban J connectivity index is 1.68. The summed E-state index contributed by atoms with van der Waals surface area (Å²) in [6.45, 7) is 3.89. The molecule has 3 rings (SSSR count). The molecule has 0 saturated carbocycles. The van der Waals surface area contributed by atoms with Gasteiger partial charge in [-0.15, -0.1) is 10.2 Å². The molecular formula is C16H19N7O2. The minimum absolute atomic E-state index is 0.173. The maximum atomic E-state index is 12.6. The van der Waals surface area contributed by atoms with Crippen LogP contribution in [-0.2, 0) is 17.8 Å². The van der Waals surface area contributed by atoms with E-state index in [2.05, 4.69) is 25.6 Å². The van der Waals surface area contributed by atoms with Crippen LogP contribution in [0.1, 0.15) is 31.6 Å². The van der Waals surface area contributed by atoms with Crippen LogP contribution in [0.3, 0.4) is 0 Å². The van der Waals surface area contributed by atoms with Crippen LogP contribution in [0.5, 0.6) is 0 Å². The second-order valence-corrected chi connectivity index (χ2v) is 5.63. The summed E-state index contributed by atoms with van der Waals surface area (Å²) in [6, 6.07) is 8.89. The van der Waals surface area contributed by atoms with Gasteiger partial charge in [0.05, 0.1) is 6.54 Å². The molecule has 0 unspecified atom stereocenters. The van der Waals surface area contributed by atoms with Crippen LogP contribution in [-0.4, -0.2) is 48.2 Å². The average molecular weight is 341 g/mol. The molecule has 1 atom stereocenters. The highest BCUT2D eigenvalue weighted by Crippen LogP contribution is 2.15. The van der Waals surface area contributed by atoms with E-state index >= 15 is 0 Å². The number of rotatable bonds is 6. The number of nitrogens with zero attached hydrogens (tertiary/aromatic N) is 7. The number of hydrogen-bond donors (Lipinski definition) is 0. The first-order valence-corrected chi connectivity index (χ1v) is 8.00. The van der Waals surface area contributed by atoms with E-state index in [1.54, 1.807) is 14.0 Å². The molecule has 0 bridgehead atoms. The Hall–Kier alpha value is -3.10. The van der Waals surface area contributed by atoms with Crippen molar-refractivity contribution >= 4 is 5.91 Å². The van der Waals surface area contributed by atoms with Gasteiger partial charge in [-0.25, -0.2) is 0 Å². The first-order valence-electron chi connectivity index (χ1n) is 8.00. The van der Waals surface area contributed by atoms with E-state index in [9.17, 15) is 4.79 Å². The third-order valence-corrected chi connectivity index (χ3v) is 3.74. The van der Waals surface area contributed by atoms with Crippen molar-refractivity contribution in [3.8, 4) is 11.4 Å². The van der Waals surface area contributed by atoms with E-state index in [1.807, 2.05) is 37.3 Å². The summed E-state index contributed by atoms with van der Waals surface area (Å²) >= 11 is 0. The van der Waals surface area contributed by atoms with Crippen LogP contribution >= 0.6 is 0 Å². The zero-order valence-electron chi connectivity index (χ0n) is 14.3. The van der Waals surface area contributed by atoms with Crippen LogP contribution in [0.2, 0.25) is 0 Å². The van der Waals surface area contributed by atoms with Gasteiger partial charge in [-0.3, -0.25) is 4.79 Å². The zero-order valence-corrected chi connectivity index (χ0v) is 14.3. The fourth-order valence-corrected chi connectivity index (χ4v) is 2.29. The van der Waals surface area contributed by atoms with Crippen LogP contribution in [0.15, 0.2) is 34.9 Å². The van der Waals surface area contributed by atoms with Gasteiger partial charge in [-0.1, -0.05) is 42.4 Å². The third-order valence-electron chi connectivity index (χ3n) is 3.74. The highest BCUT2D eigenvalue weighted by molar-refractivity contribution is 5.79. The third kappa shape index (κ3) is 3.70. The Kier molecular flexibility index (Phi) is 4.82. The highest BCUT2D eigenvalue weighted by atomic mass is 16.5. The molecule has 1 aromatic carbocycles. The first kappa shape index (κ1) is 16.7. The van der Waals surface area contributed by atoms with E-state index in [0.29, 0.717) is 24.0 Å². The molecule has 0 saturated heterocycles. The number of aromatic nitrogens is 6. The van der Waals surface area contributed by atoms with Gasteiger partial charge < -0.3 is 9.42 Å². The molecule has 0 spiro atoms. The number of likely N-dealkylation sites (N-methyl/N-ethyl adjacent to an activating group) is 1. The predicted octanol–water partition coefficient (Wildman–Crippen LogP) is 1.51. The number of tetrazole rings is 1. The molecule has 2 heterocycles. The molecule has 9 nitrogen and oxygen atoms in total. The van der Waals surface area contributed by atoms with Crippen molar-refractivity contribution in [1.29, 1.82) is 0 Å². The Morgan fingerprint density at radius 2 is 2.08 bits per heavy atom. The largest absolute Gasteiger partial charge is 0.337 e. The molecule has 0 radical (unpaired) electrons. The Morgan fingerprint density at radius 1 is 1.32 bits per heavy atom. The second-order valence-electron chi connectivity index (χ2n) is 5.63. The number of aryl methyl sites for hydroxylation is 1. The van der Waals surface area contributed by atoms with Crippen molar-refractivity contribution in [1.82, 2.24) is 35.2 Å². The summed E-state index contributed by atoms with van der Waals surface area (Å²) in [6.07, 6.45) is 0.683. The molecule has 2 aromatic heterocycles. The Morgan fingerprint density at radius 3 is 2.76 bits per heavy atom. The average Bonchev–Trinajstić information content (AvgIpc) is 3.30. The molecular weight excluding hydrogens is 322 g/mol. The van der Waals surface area contributed by atoms with E-state index < -0.39 is 6.04 Å². The zero-order chi connectivity index (χ0) is 17.8. The van der Waals surface area contributed by atoms with Crippen LogP contribution in [0.4, 0.5) is 0 Å². The van der Waals surface area contributed by atoms with Gasteiger partial charge in [0, 0.05) is 19.0 Å². The van der Waals surface area contributed by atoms with Crippen molar-refractivity contribution in [2.45, 2.75) is 32.9 Å². The fraction of sp³-hybridized carbons (Fsp3) is 0.375. The summed E-state index contributed by atoms with van der Waals surface area (Å²) < 4.78 is 5.12. The van der Waals surface area contributed by atoms with Crippen molar-refractivity contribution in [2.75, 3.05) is 7.05 Å². The lowest BCUT2D eigenvalue weighted by atomic mass is 10.2. The van der Waals surface area contributed by atoms with Crippen molar-refractivity contribution < 1.29 is 9.32 Å². The Bertz CT molecular complexity index is 843. The van der Waals surface area contributed by atoms with Gasteiger partial charge in [0.1, 0.15) is 6.04 Å². The summed E-state index contributed by atoms with van der Waals surface area (Å²) in [4.78, 5) is 19.6. The van der Waals surface area contributed by atoms with Crippen LogP contribution in [0, 0.1) is 0 Å². The molecule has 0 fully saturated rings. The van der Waals surface area contributed by atoms with Gasteiger partial charge in [-0.2, -0.15) is 9.78 Å². The molecule has 25 heavy (non-hydrogen) atoms. The van der Waals surface area contributed by atoms with Crippen LogP contribution < -0.4 is 0 Å². The predicted molar refractivity (Wildman–Crippen MR) is 88.1 cm³/mol. The van der Waals surface area contributed by atoms with Crippen LogP contribution in [0.25, 0.3) is 11.4 Å². The molecule has 9 heteroatoms. The highest BCUT2D eigenvalue weighted by Gasteiger charge is 2.23. The molecule has 3 aromatic rings. The van der Waals surface area contributed by atoms with E-state index in [-0.39, 0.29) is 12.5 Å². The smallest absolute Gasteiger partial charge is 0.249 e. The number of benzene rings is 1. The normalized spacial score (nSPS) is 12.1. The van der Waals surface area contributed by atoms with Gasteiger partial charge in [0.25, 0.3) is 0 Å². The SMILES string of the molecule is CCc1noc(CN(C)C(=O)[C@H](C)n2nnc(-c3ccccc3)n2)n1. The van der Waals surface area contributed by atoms with Crippen molar-refractivity contribution in [3.63, 3.8) is 0 Å². The molecule has 130 valence electrons. The summed E-state index contributed by atoms with van der Waals surface area (Å²) in [7, 11) is 1.67. The lowest BCUT2D eigenvalue weighted by molar-refractivity contribution is -0.134. The van der Waals surface area contributed by atoms with Gasteiger partial charge >= 0.3 is 0 Å². The van der Waals surface area contributed by atoms with Crippen molar-refractivity contribution in [3.05, 3.63) is 42.0 Å². The maximum absolute atomic E-state index is 12.6. The number of amides is 1. The van der Waals surface area contributed by atoms with E-state index in [1.165, 1.54) is 9.70 Å². The standard InChI is InChI=1S/C16H19N7O2/c1-4-13-17-14(25-20-13)10-22(3)16(24)11(2)23-19-15(18-21-23)12-8-6-5-7-9-12/h5-9,11H,4,10H2,1-3H3/t11-/m0/s1. The number of carbonyl (C=O) groups is 1. The number of hydrogen-bond acceptors (Lipinski definition) is 7. The lowest BCUT2D eigenvalue weighted by Crippen LogP contribution is -2.33. The second kappa shape index (κ2) is 7.20. The monoisotopic (exact) mass is 341 g/mol. The molecule has 0 aliphatic carbocycles. The maximum Gasteiger partial charge on any atom is 0.249 e. The summed E-state index contributed by atoms with van der Waals surface area (Å²) in [5.41, 5.74) is 0.847. The fourth-order valence-electron chi connectivity index (χ4n) is 2.29. The lowest BCUT2D eigenvalue weighted by Gasteiger charge is -2.18. The summed E-state index contributed by atoms with van der Waals surface area (Å²) in [5, 5.41) is 16.1. The quantitative estimate of drug-likeness (QED) is 0.669. The molecule has 0 N–H and O–H groups in total. The minimum atomic E-state index is -0.594. The Labute approximate surface area is 144 Å². The molecule has 0 aliphatic heterocycles. The van der Waals surface area contributed by atoms with Gasteiger partial charge in [-0.05, 0) is 12.1 Å². The number of carbonyl (C=O) groups excluding carboxylic acids is 1. The molecule has 1 amide bonds. The van der Waals surface area contributed by atoms with E-state index in [0.717, 1.165) is 5.56 Å². The van der Waals surface area contributed by atoms with E-state index in [4.69, 9.17) is 4.52 Å². The topological polar surface area (TPSA) is 103 Å².